The third kappa shape index (κ3) is 2.75. The lowest BCUT2D eigenvalue weighted by molar-refractivity contribution is -0.115. The minimum absolute atomic E-state index is 0.126. The fraction of sp³-hybridized carbons (Fsp3) is 0.0714. The number of halogens is 2. The Balaban J connectivity index is 2.12. The van der Waals surface area contributed by atoms with Crippen molar-refractivity contribution in [1.82, 2.24) is 0 Å². The predicted molar refractivity (Wildman–Crippen MR) is 62.2 cm³/mol. The summed E-state index contributed by atoms with van der Waals surface area (Å²) >= 11 is 0. The van der Waals surface area contributed by atoms with Crippen LogP contribution in [0.2, 0.25) is 0 Å². The molecule has 17 heavy (non-hydrogen) atoms. The van der Waals surface area contributed by atoms with E-state index in [9.17, 15) is 13.6 Å². The fourth-order valence-electron chi connectivity index (χ4n) is 1.54. The minimum Gasteiger partial charge on any atom is -0.294 e. The van der Waals surface area contributed by atoms with Crippen LogP contribution in [-0.4, -0.2) is 5.78 Å². The molecule has 0 aromatic heterocycles. The molecule has 3 heteroatoms. The largest absolute Gasteiger partial charge is 0.294 e. The monoisotopic (exact) mass is 232 g/mol. The quantitative estimate of drug-likeness (QED) is 0.731. The summed E-state index contributed by atoms with van der Waals surface area (Å²) in [6.07, 6.45) is 9.75. The van der Waals surface area contributed by atoms with E-state index in [1.165, 1.54) is 18.2 Å². The maximum Gasteiger partial charge on any atom is 0.166 e. The van der Waals surface area contributed by atoms with Crippen molar-refractivity contribution in [2.75, 3.05) is 0 Å². The summed E-state index contributed by atoms with van der Waals surface area (Å²) in [5.74, 6) is -1.70. The summed E-state index contributed by atoms with van der Waals surface area (Å²) in [5, 5.41) is 0. The van der Waals surface area contributed by atoms with Crippen LogP contribution in [0.3, 0.4) is 0 Å². The second-order valence-electron chi connectivity index (χ2n) is 3.70. The van der Waals surface area contributed by atoms with Gasteiger partial charge in [-0.15, -0.1) is 0 Å². The van der Waals surface area contributed by atoms with E-state index >= 15 is 0 Å². The third-order valence-electron chi connectivity index (χ3n) is 2.47. The van der Waals surface area contributed by atoms with Crippen molar-refractivity contribution >= 4 is 11.9 Å². The van der Waals surface area contributed by atoms with Crippen LogP contribution in [0, 0.1) is 17.6 Å². The van der Waals surface area contributed by atoms with Gasteiger partial charge in [-0.25, -0.2) is 8.78 Å². The maximum absolute atomic E-state index is 13.2. The average molecular weight is 232 g/mol. The van der Waals surface area contributed by atoms with E-state index in [0.29, 0.717) is 0 Å². The lowest BCUT2D eigenvalue weighted by Gasteiger charge is -1.99. The van der Waals surface area contributed by atoms with Crippen LogP contribution < -0.4 is 0 Å². The number of ketones is 1. The van der Waals surface area contributed by atoms with E-state index in [-0.39, 0.29) is 17.3 Å². The molecule has 0 aliphatic heterocycles. The smallest absolute Gasteiger partial charge is 0.166 e. The fourth-order valence-corrected chi connectivity index (χ4v) is 1.54. The van der Waals surface area contributed by atoms with E-state index in [4.69, 9.17) is 0 Å². The molecule has 0 radical (unpaired) electrons. The van der Waals surface area contributed by atoms with E-state index in [0.717, 1.165) is 12.1 Å². The second kappa shape index (κ2) is 4.87. The number of hydrogen-bond donors (Lipinski definition) is 0. The van der Waals surface area contributed by atoms with Crippen molar-refractivity contribution in [3.8, 4) is 0 Å². The number of carbonyl (C=O) groups excluding carboxylic acids is 1. The molecule has 0 spiro atoms. The Labute approximate surface area is 97.8 Å². The molecule has 0 saturated heterocycles. The molecule has 0 bridgehead atoms. The molecule has 1 aromatic carbocycles. The van der Waals surface area contributed by atoms with Gasteiger partial charge in [-0.1, -0.05) is 24.3 Å². The molecule has 0 fully saturated rings. The minimum atomic E-state index is -0.674. The Morgan fingerprint density at radius 1 is 1.18 bits per heavy atom. The molecule has 0 unspecified atom stereocenters. The molecule has 1 aromatic rings. The lowest BCUT2D eigenvalue weighted by Crippen LogP contribution is -2.03. The van der Waals surface area contributed by atoms with Crippen molar-refractivity contribution in [2.24, 2.45) is 5.92 Å². The lowest BCUT2D eigenvalue weighted by atomic mass is 10.1. The van der Waals surface area contributed by atoms with Crippen LogP contribution in [0.1, 0.15) is 5.56 Å². The van der Waals surface area contributed by atoms with Crippen molar-refractivity contribution in [2.45, 2.75) is 0 Å². The van der Waals surface area contributed by atoms with Crippen molar-refractivity contribution in [3.63, 3.8) is 0 Å². The first-order chi connectivity index (χ1) is 8.16. The average Bonchev–Trinajstić information content (AvgIpc) is 2.81. The van der Waals surface area contributed by atoms with Gasteiger partial charge in [-0.2, -0.15) is 0 Å². The molecular weight excluding hydrogens is 222 g/mol. The van der Waals surface area contributed by atoms with Crippen LogP contribution in [0.4, 0.5) is 8.78 Å². The molecule has 1 aliphatic rings. The van der Waals surface area contributed by atoms with Gasteiger partial charge in [0.05, 0.1) is 5.92 Å². The first-order valence-electron chi connectivity index (χ1n) is 5.19. The first kappa shape index (κ1) is 11.5. The van der Waals surface area contributed by atoms with Gasteiger partial charge in [-0.3, -0.25) is 4.79 Å². The van der Waals surface area contributed by atoms with Gasteiger partial charge in [0.1, 0.15) is 11.6 Å². The van der Waals surface area contributed by atoms with Crippen LogP contribution in [0.15, 0.2) is 48.6 Å². The molecule has 1 aliphatic carbocycles. The molecule has 0 atom stereocenters. The molecule has 2 rings (SSSR count). The number of benzene rings is 1. The topological polar surface area (TPSA) is 17.1 Å². The SMILES string of the molecule is O=C(/C=C/c1ccc(F)cc1F)C1C=CC=C1. The zero-order valence-electron chi connectivity index (χ0n) is 8.94. The van der Waals surface area contributed by atoms with Gasteiger partial charge in [0, 0.05) is 11.6 Å². The Hall–Kier alpha value is -2.03. The molecule has 0 amide bonds. The van der Waals surface area contributed by atoms with Crippen molar-refractivity contribution in [3.05, 3.63) is 65.8 Å². The Morgan fingerprint density at radius 2 is 1.88 bits per heavy atom. The molecule has 0 N–H and O–H groups in total. The highest BCUT2D eigenvalue weighted by atomic mass is 19.1. The summed E-state index contributed by atoms with van der Waals surface area (Å²) in [4.78, 5) is 11.6. The van der Waals surface area contributed by atoms with Crippen LogP contribution in [0.25, 0.3) is 6.08 Å². The summed E-state index contributed by atoms with van der Waals surface area (Å²) in [6.45, 7) is 0. The van der Waals surface area contributed by atoms with E-state index < -0.39 is 11.6 Å². The van der Waals surface area contributed by atoms with Crippen molar-refractivity contribution < 1.29 is 13.6 Å². The summed E-state index contributed by atoms with van der Waals surface area (Å²) in [6, 6.07) is 3.25. The summed E-state index contributed by atoms with van der Waals surface area (Å²) < 4.78 is 25.9. The molecule has 0 saturated carbocycles. The van der Waals surface area contributed by atoms with Gasteiger partial charge in [0.25, 0.3) is 0 Å². The normalized spacial score (nSPS) is 14.9. The van der Waals surface area contributed by atoms with Crippen LogP contribution in [-0.2, 0) is 4.79 Å². The maximum atomic E-state index is 13.2. The van der Waals surface area contributed by atoms with Gasteiger partial charge >= 0.3 is 0 Å². The van der Waals surface area contributed by atoms with Crippen LogP contribution >= 0.6 is 0 Å². The Bertz CT molecular complexity index is 515. The van der Waals surface area contributed by atoms with Gasteiger partial charge in [0.2, 0.25) is 0 Å². The van der Waals surface area contributed by atoms with E-state index in [1.807, 2.05) is 0 Å². The zero-order chi connectivity index (χ0) is 12.3. The summed E-state index contributed by atoms with van der Waals surface area (Å²) in [7, 11) is 0. The van der Waals surface area contributed by atoms with E-state index in [2.05, 4.69) is 0 Å². The molecule has 86 valence electrons. The molecular formula is C14H10F2O. The predicted octanol–water partition coefficient (Wildman–Crippen LogP) is 3.29. The number of allylic oxidation sites excluding steroid dienone is 5. The molecule has 1 nitrogen and oxygen atoms in total. The van der Waals surface area contributed by atoms with Crippen molar-refractivity contribution in [1.29, 1.82) is 0 Å². The zero-order valence-corrected chi connectivity index (χ0v) is 8.94. The van der Waals surface area contributed by atoms with Gasteiger partial charge in [0.15, 0.2) is 5.78 Å². The summed E-state index contributed by atoms with van der Waals surface area (Å²) in [5.41, 5.74) is 0.200. The first-order valence-corrected chi connectivity index (χ1v) is 5.19. The van der Waals surface area contributed by atoms with Crippen LogP contribution in [0.5, 0.6) is 0 Å². The second-order valence-corrected chi connectivity index (χ2v) is 3.70. The highest BCUT2D eigenvalue weighted by molar-refractivity contribution is 5.98. The third-order valence-corrected chi connectivity index (χ3v) is 2.47. The molecule has 0 heterocycles. The van der Waals surface area contributed by atoms with Gasteiger partial charge < -0.3 is 0 Å². The highest BCUT2D eigenvalue weighted by Gasteiger charge is 2.11. The van der Waals surface area contributed by atoms with E-state index in [1.54, 1.807) is 24.3 Å². The highest BCUT2D eigenvalue weighted by Crippen LogP contribution is 2.14. The van der Waals surface area contributed by atoms with Gasteiger partial charge in [-0.05, 0) is 24.3 Å². The number of carbonyl (C=O) groups is 1. The Kier molecular flexibility index (Phi) is 3.28. The number of rotatable bonds is 3. The standard InChI is InChI=1S/C14H10F2O/c15-12-7-5-10(13(16)9-12)6-8-14(17)11-3-1-2-4-11/h1-9,11H/b8-6+. The Morgan fingerprint density at radius 3 is 2.53 bits per heavy atom. The number of hydrogen-bond acceptors (Lipinski definition) is 1.